The first-order valence-electron chi connectivity index (χ1n) is 19.6. The van der Waals surface area contributed by atoms with Crippen LogP contribution in [0.5, 0.6) is 0 Å². The molecule has 0 N–H and O–H groups in total. The fraction of sp³-hybridized carbons (Fsp3) is 0. The van der Waals surface area contributed by atoms with E-state index in [1.54, 1.807) is 28.8 Å². The number of hydrogen-bond donors (Lipinski definition) is 0. The average molecular weight is 648 g/mol. The first-order chi connectivity index (χ1) is 27.7. The van der Waals surface area contributed by atoms with Crippen molar-refractivity contribution < 1.29 is 14.0 Å². The number of hydrogen-bond acceptors (Lipinski definition) is 4. The molecule has 0 atom stereocenters. The first kappa shape index (κ1) is 21.9. The van der Waals surface area contributed by atoms with E-state index in [-0.39, 0.29) is 69.0 Å². The summed E-state index contributed by atoms with van der Waals surface area (Å²) in [6.45, 7) is 0. The molecule has 0 fully saturated rings. The summed E-state index contributed by atoms with van der Waals surface area (Å²) >= 11 is 0. The molecule has 0 bridgehead atoms. The maximum Gasteiger partial charge on any atom is 0.167 e. The monoisotopic (exact) mass is 647 g/mol. The number of benzene rings is 7. The van der Waals surface area contributed by atoms with Crippen LogP contribution in [0.1, 0.15) is 9.60 Å². The van der Waals surface area contributed by atoms with Crippen molar-refractivity contribution in [2.24, 2.45) is 0 Å². The molecule has 10 rings (SSSR count). The number of aromatic nitrogens is 4. The lowest BCUT2D eigenvalue weighted by atomic mass is 10.0. The SMILES string of the molecule is [2H]c1c([2H])c([2H])c2c(c1[2H])c1c([2H])c([2H])c([2H])c(-c3nc(-c4ccc(-c5ccccc5)cc4)nc(-c4cccc5c4oc4ccccc45)n3)c1n2-c1ccccc1. The Kier molecular flexibility index (Phi) is 4.99. The molecular weight excluding hydrogens is 613 g/mol. The van der Waals surface area contributed by atoms with Gasteiger partial charge < -0.3 is 8.98 Å². The van der Waals surface area contributed by atoms with Gasteiger partial charge >= 0.3 is 0 Å². The van der Waals surface area contributed by atoms with Crippen molar-refractivity contribution in [2.45, 2.75) is 0 Å². The molecule has 10 aromatic rings. The average Bonchev–Trinajstić information content (AvgIpc) is 3.82. The third-order valence-corrected chi connectivity index (χ3v) is 8.98. The molecule has 0 aliphatic rings. The molecule has 5 heteroatoms. The molecule has 234 valence electrons. The predicted octanol–water partition coefficient (Wildman–Crippen LogP) is 11.5. The normalized spacial score (nSPS) is 13.6. The summed E-state index contributed by atoms with van der Waals surface area (Å²) in [5.41, 5.74) is 5.44. The van der Waals surface area contributed by atoms with E-state index in [1.807, 2.05) is 103 Å². The minimum absolute atomic E-state index is 0.0222. The van der Waals surface area contributed by atoms with Crippen molar-refractivity contribution >= 4 is 43.7 Å². The maximum absolute atomic E-state index is 9.45. The minimum atomic E-state index is -0.468. The fourth-order valence-electron chi connectivity index (χ4n) is 6.67. The fourth-order valence-corrected chi connectivity index (χ4v) is 6.67. The van der Waals surface area contributed by atoms with E-state index in [9.17, 15) is 2.74 Å². The van der Waals surface area contributed by atoms with Crippen LogP contribution in [0.15, 0.2) is 174 Å². The second kappa shape index (κ2) is 11.4. The van der Waals surface area contributed by atoms with Gasteiger partial charge in [-0.2, -0.15) is 0 Å². The van der Waals surface area contributed by atoms with Crippen LogP contribution < -0.4 is 0 Å². The third-order valence-electron chi connectivity index (χ3n) is 8.98. The largest absolute Gasteiger partial charge is 0.455 e. The number of furan rings is 1. The summed E-state index contributed by atoms with van der Waals surface area (Å²) in [6.07, 6.45) is 0. The van der Waals surface area contributed by atoms with Gasteiger partial charge in [0.25, 0.3) is 0 Å². The standard InChI is InChI=1S/C45H28N4O/c1-3-13-29(14-4-1)30-25-27-31(28-26-30)43-46-44(48-45(47-43)38-22-12-20-36-34-18-8-10-24-40(34)50-42(36)38)37-21-11-19-35-33-17-7-9-23-39(33)49(41(35)37)32-15-5-2-6-16-32/h1-28H/i7D,9D,11D,17D,19D,21D,23D. The van der Waals surface area contributed by atoms with Gasteiger partial charge in [-0.25, -0.2) is 15.0 Å². The van der Waals surface area contributed by atoms with Crippen LogP contribution in [-0.2, 0) is 0 Å². The lowest BCUT2D eigenvalue weighted by Crippen LogP contribution is -2.02. The summed E-state index contributed by atoms with van der Waals surface area (Å²) in [7, 11) is 0. The van der Waals surface area contributed by atoms with Crippen molar-refractivity contribution in [3.63, 3.8) is 0 Å². The van der Waals surface area contributed by atoms with E-state index in [0.717, 1.165) is 21.9 Å². The predicted molar refractivity (Wildman–Crippen MR) is 203 cm³/mol. The molecule has 0 saturated carbocycles. The Bertz CT molecular complexity index is 3260. The summed E-state index contributed by atoms with van der Waals surface area (Å²) in [4.78, 5) is 15.0. The van der Waals surface area contributed by atoms with E-state index < -0.39 is 18.1 Å². The Morgan fingerprint density at radius 3 is 1.94 bits per heavy atom. The van der Waals surface area contributed by atoms with Crippen LogP contribution in [0.3, 0.4) is 0 Å². The maximum atomic E-state index is 9.45. The van der Waals surface area contributed by atoms with Gasteiger partial charge in [-0.05, 0) is 47.5 Å². The van der Waals surface area contributed by atoms with E-state index >= 15 is 0 Å². The van der Waals surface area contributed by atoms with Gasteiger partial charge in [-0.3, -0.25) is 0 Å². The number of para-hydroxylation sites is 5. The van der Waals surface area contributed by atoms with Crippen molar-refractivity contribution in [1.82, 2.24) is 19.5 Å². The van der Waals surface area contributed by atoms with Gasteiger partial charge in [-0.1, -0.05) is 133 Å². The molecule has 0 aliphatic heterocycles. The van der Waals surface area contributed by atoms with Crippen molar-refractivity contribution in [1.29, 1.82) is 0 Å². The molecule has 3 heterocycles. The highest BCUT2D eigenvalue weighted by Crippen LogP contribution is 2.39. The zero-order valence-corrected chi connectivity index (χ0v) is 26.3. The van der Waals surface area contributed by atoms with Gasteiger partial charge in [0.2, 0.25) is 0 Å². The molecule has 0 aliphatic carbocycles. The van der Waals surface area contributed by atoms with Crippen LogP contribution in [0.25, 0.3) is 94.7 Å². The summed E-state index contributed by atoms with van der Waals surface area (Å²) < 4.78 is 71.0. The van der Waals surface area contributed by atoms with E-state index in [1.165, 1.54) is 0 Å². The van der Waals surface area contributed by atoms with Crippen LogP contribution >= 0.6 is 0 Å². The highest BCUT2D eigenvalue weighted by Gasteiger charge is 2.21. The molecular formula is C45H28N4O. The second-order valence-electron chi connectivity index (χ2n) is 11.9. The lowest BCUT2D eigenvalue weighted by Gasteiger charge is -2.13. The smallest absolute Gasteiger partial charge is 0.167 e. The quantitative estimate of drug-likeness (QED) is 0.186. The number of rotatable bonds is 5. The summed E-state index contributed by atoms with van der Waals surface area (Å²) in [6, 6.07) is 37.5. The lowest BCUT2D eigenvalue weighted by molar-refractivity contribution is 0.669. The minimum Gasteiger partial charge on any atom is -0.455 e. The van der Waals surface area contributed by atoms with Crippen LogP contribution in [0.2, 0.25) is 0 Å². The first-order valence-corrected chi connectivity index (χ1v) is 16.1. The van der Waals surface area contributed by atoms with Gasteiger partial charge in [0.1, 0.15) is 11.2 Å². The summed E-state index contributed by atoms with van der Waals surface area (Å²) in [5, 5.41) is 1.94. The number of nitrogens with zero attached hydrogens (tertiary/aromatic N) is 4. The molecule has 50 heavy (non-hydrogen) atoms. The highest BCUT2D eigenvalue weighted by molar-refractivity contribution is 6.13. The second-order valence-corrected chi connectivity index (χ2v) is 11.9. The Balaban J connectivity index is 1.34. The van der Waals surface area contributed by atoms with E-state index in [2.05, 4.69) is 0 Å². The van der Waals surface area contributed by atoms with Crippen LogP contribution in [0, 0.1) is 0 Å². The van der Waals surface area contributed by atoms with Gasteiger partial charge in [0, 0.05) is 38.4 Å². The van der Waals surface area contributed by atoms with Gasteiger partial charge in [0.05, 0.1) is 26.2 Å². The Morgan fingerprint density at radius 1 is 0.460 bits per heavy atom. The Labute approximate surface area is 297 Å². The molecule has 0 saturated heterocycles. The molecule has 3 aromatic heterocycles. The van der Waals surface area contributed by atoms with E-state index in [4.69, 9.17) is 26.2 Å². The highest BCUT2D eigenvalue weighted by atomic mass is 16.3. The van der Waals surface area contributed by atoms with Crippen LogP contribution in [-0.4, -0.2) is 19.5 Å². The van der Waals surface area contributed by atoms with Gasteiger partial charge in [0.15, 0.2) is 17.5 Å². The molecule has 5 nitrogen and oxygen atoms in total. The Hall–Kier alpha value is -6.85. The molecule has 0 unspecified atom stereocenters. The van der Waals surface area contributed by atoms with Crippen molar-refractivity contribution in [3.8, 4) is 51.0 Å². The zero-order chi connectivity index (χ0) is 39.1. The van der Waals surface area contributed by atoms with Crippen molar-refractivity contribution in [2.75, 3.05) is 0 Å². The number of fused-ring (bicyclic) bond motifs is 6. The molecule has 0 radical (unpaired) electrons. The zero-order valence-electron chi connectivity index (χ0n) is 33.3. The third kappa shape index (κ3) is 4.52. The van der Waals surface area contributed by atoms with Crippen molar-refractivity contribution in [3.05, 3.63) is 170 Å². The van der Waals surface area contributed by atoms with Gasteiger partial charge in [-0.15, -0.1) is 0 Å². The van der Waals surface area contributed by atoms with E-state index in [0.29, 0.717) is 28.0 Å². The topological polar surface area (TPSA) is 56.7 Å². The molecule has 0 spiro atoms. The van der Waals surface area contributed by atoms with Crippen LogP contribution in [0.4, 0.5) is 0 Å². The molecule has 0 amide bonds. The summed E-state index contributed by atoms with van der Waals surface area (Å²) in [5.74, 6) is 0.546. The molecule has 7 aromatic carbocycles. The Morgan fingerprint density at radius 2 is 1.10 bits per heavy atom.